The van der Waals surface area contributed by atoms with Gasteiger partial charge in [0.25, 0.3) is 0 Å². The number of thiophene rings is 1. The molecule has 1 aliphatic heterocycles. The highest BCUT2D eigenvalue weighted by molar-refractivity contribution is 7.15. The van der Waals surface area contributed by atoms with E-state index < -0.39 is 0 Å². The first-order chi connectivity index (χ1) is 9.61. The molecule has 4 nitrogen and oxygen atoms in total. The van der Waals surface area contributed by atoms with Crippen molar-refractivity contribution in [1.82, 2.24) is 10.2 Å². The van der Waals surface area contributed by atoms with Gasteiger partial charge in [0.1, 0.15) is 4.34 Å². The van der Waals surface area contributed by atoms with Crippen LogP contribution < -0.4 is 11.1 Å². The Morgan fingerprint density at radius 2 is 2.35 bits per heavy atom. The van der Waals surface area contributed by atoms with Crippen molar-refractivity contribution in [2.24, 2.45) is 11.7 Å². The number of amides is 1. The maximum atomic E-state index is 12.0. The quantitative estimate of drug-likeness (QED) is 0.868. The van der Waals surface area contributed by atoms with Gasteiger partial charge in [-0.3, -0.25) is 9.69 Å². The average Bonchev–Trinajstić information content (AvgIpc) is 2.77. The summed E-state index contributed by atoms with van der Waals surface area (Å²) in [5.41, 5.74) is 6.45. The molecule has 1 aliphatic rings. The molecule has 3 N–H and O–H groups in total. The molecule has 1 fully saturated rings. The van der Waals surface area contributed by atoms with Gasteiger partial charge in [0.05, 0.1) is 10.9 Å². The molecule has 1 aromatic heterocycles. The molecule has 7 heteroatoms. The molecule has 20 heavy (non-hydrogen) atoms. The van der Waals surface area contributed by atoms with Crippen molar-refractivity contribution in [1.29, 1.82) is 0 Å². The summed E-state index contributed by atoms with van der Waals surface area (Å²) >= 11 is 13.6. The summed E-state index contributed by atoms with van der Waals surface area (Å²) in [5, 5.41) is 5.50. The normalized spacial score (nSPS) is 20.1. The third-order valence-corrected chi connectivity index (χ3v) is 5.38. The van der Waals surface area contributed by atoms with E-state index in [-0.39, 0.29) is 11.8 Å². The van der Waals surface area contributed by atoms with E-state index in [0.717, 1.165) is 38.0 Å². The Morgan fingerprint density at radius 1 is 1.55 bits per heavy atom. The van der Waals surface area contributed by atoms with E-state index in [2.05, 4.69) is 10.2 Å². The Morgan fingerprint density at radius 3 is 3.00 bits per heavy atom. The summed E-state index contributed by atoms with van der Waals surface area (Å²) in [7, 11) is 0. The Hall–Kier alpha value is -0.330. The Bertz CT molecular complexity index is 466. The van der Waals surface area contributed by atoms with E-state index in [1.165, 1.54) is 11.3 Å². The molecule has 1 aromatic rings. The van der Waals surface area contributed by atoms with Crippen LogP contribution in [0.15, 0.2) is 5.38 Å². The van der Waals surface area contributed by atoms with Gasteiger partial charge in [-0.05, 0) is 30.3 Å². The minimum absolute atomic E-state index is 0.0446. The monoisotopic (exact) mass is 335 g/mol. The van der Waals surface area contributed by atoms with Crippen molar-refractivity contribution in [3.05, 3.63) is 20.3 Å². The highest BCUT2D eigenvalue weighted by Crippen LogP contribution is 2.33. The first-order valence-corrected chi connectivity index (χ1v) is 8.37. The molecule has 1 amide bonds. The Balaban J connectivity index is 1.90. The zero-order valence-electron chi connectivity index (χ0n) is 11.2. The number of hydrogen-bond acceptors (Lipinski definition) is 4. The van der Waals surface area contributed by atoms with Gasteiger partial charge in [0, 0.05) is 26.2 Å². The van der Waals surface area contributed by atoms with E-state index in [9.17, 15) is 4.79 Å². The molecule has 0 radical (unpaired) electrons. The van der Waals surface area contributed by atoms with E-state index in [4.69, 9.17) is 28.9 Å². The zero-order valence-corrected chi connectivity index (χ0v) is 13.5. The van der Waals surface area contributed by atoms with Gasteiger partial charge in [0.15, 0.2) is 0 Å². The Labute approximate surface area is 133 Å². The van der Waals surface area contributed by atoms with E-state index in [1.807, 2.05) is 5.38 Å². The van der Waals surface area contributed by atoms with Crippen LogP contribution in [0.2, 0.25) is 9.36 Å². The third-order valence-electron chi connectivity index (χ3n) is 3.47. The maximum absolute atomic E-state index is 12.0. The van der Waals surface area contributed by atoms with Crippen LogP contribution in [-0.4, -0.2) is 37.0 Å². The highest BCUT2D eigenvalue weighted by Gasteiger charge is 2.26. The lowest BCUT2D eigenvalue weighted by Gasteiger charge is -2.31. The molecule has 0 spiro atoms. The molecule has 0 saturated carbocycles. The van der Waals surface area contributed by atoms with Crippen LogP contribution in [-0.2, 0) is 11.3 Å². The third kappa shape index (κ3) is 4.09. The second-order valence-electron chi connectivity index (χ2n) is 5.00. The van der Waals surface area contributed by atoms with Crippen LogP contribution in [0.4, 0.5) is 0 Å². The topological polar surface area (TPSA) is 58.4 Å². The summed E-state index contributed by atoms with van der Waals surface area (Å²) in [6.45, 7) is 3.53. The highest BCUT2D eigenvalue weighted by atomic mass is 35.5. The summed E-state index contributed by atoms with van der Waals surface area (Å²) in [4.78, 5) is 14.3. The lowest BCUT2D eigenvalue weighted by Crippen LogP contribution is -2.43. The second-order valence-corrected chi connectivity index (χ2v) is 6.86. The van der Waals surface area contributed by atoms with Crippen molar-refractivity contribution in [2.75, 3.05) is 26.2 Å². The maximum Gasteiger partial charge on any atom is 0.224 e. The van der Waals surface area contributed by atoms with Crippen LogP contribution in [0.5, 0.6) is 0 Å². The number of nitrogens with two attached hydrogens (primary N) is 1. The fourth-order valence-electron chi connectivity index (χ4n) is 2.45. The predicted molar refractivity (Wildman–Crippen MR) is 84.4 cm³/mol. The summed E-state index contributed by atoms with van der Waals surface area (Å²) in [6.07, 6.45) is 1.96. The molecule has 2 rings (SSSR count). The van der Waals surface area contributed by atoms with E-state index in [1.54, 1.807) is 0 Å². The number of carbonyl (C=O) groups is 1. The summed E-state index contributed by atoms with van der Waals surface area (Å²) < 4.78 is 0.635. The molecular formula is C13H19Cl2N3OS. The molecular weight excluding hydrogens is 317 g/mol. The summed E-state index contributed by atoms with van der Waals surface area (Å²) in [6, 6.07) is 0. The number of nitrogens with one attached hydrogen (secondary N) is 1. The van der Waals surface area contributed by atoms with Crippen molar-refractivity contribution < 1.29 is 4.79 Å². The number of likely N-dealkylation sites (tertiary alicyclic amines) is 1. The lowest BCUT2D eigenvalue weighted by atomic mass is 9.97. The van der Waals surface area contributed by atoms with Gasteiger partial charge in [0.2, 0.25) is 5.91 Å². The average molecular weight is 336 g/mol. The van der Waals surface area contributed by atoms with Crippen LogP contribution in [0.3, 0.4) is 0 Å². The zero-order chi connectivity index (χ0) is 14.5. The summed E-state index contributed by atoms with van der Waals surface area (Å²) in [5.74, 6) is 0.151. The number of piperidine rings is 1. The minimum atomic E-state index is 0.0446. The molecule has 1 atom stereocenters. The first-order valence-electron chi connectivity index (χ1n) is 6.73. The van der Waals surface area contributed by atoms with Crippen molar-refractivity contribution in [3.8, 4) is 0 Å². The SMILES string of the molecule is NCCNC(=O)C1CCCN(Cc2csc(Cl)c2Cl)C1. The number of halogens is 2. The molecule has 0 aliphatic carbocycles. The molecule has 2 heterocycles. The second kappa shape index (κ2) is 7.61. The molecule has 0 bridgehead atoms. The molecule has 1 unspecified atom stereocenters. The van der Waals surface area contributed by atoms with Gasteiger partial charge in [-0.2, -0.15) is 0 Å². The van der Waals surface area contributed by atoms with Gasteiger partial charge >= 0.3 is 0 Å². The van der Waals surface area contributed by atoms with E-state index >= 15 is 0 Å². The van der Waals surface area contributed by atoms with Gasteiger partial charge < -0.3 is 11.1 Å². The van der Waals surface area contributed by atoms with Crippen molar-refractivity contribution >= 4 is 40.4 Å². The van der Waals surface area contributed by atoms with Gasteiger partial charge in [-0.25, -0.2) is 0 Å². The molecule has 112 valence electrons. The molecule has 0 aromatic carbocycles. The van der Waals surface area contributed by atoms with Gasteiger partial charge in [-0.15, -0.1) is 11.3 Å². The minimum Gasteiger partial charge on any atom is -0.355 e. The fraction of sp³-hybridized carbons (Fsp3) is 0.615. The number of nitrogens with zero attached hydrogens (tertiary/aromatic N) is 1. The number of hydrogen-bond donors (Lipinski definition) is 2. The fourth-order valence-corrected chi connectivity index (χ4v) is 3.69. The smallest absolute Gasteiger partial charge is 0.224 e. The van der Waals surface area contributed by atoms with Crippen molar-refractivity contribution in [3.63, 3.8) is 0 Å². The van der Waals surface area contributed by atoms with E-state index in [0.29, 0.717) is 22.4 Å². The van der Waals surface area contributed by atoms with Crippen LogP contribution in [0.25, 0.3) is 0 Å². The number of carbonyl (C=O) groups excluding carboxylic acids is 1. The van der Waals surface area contributed by atoms with Crippen LogP contribution in [0, 0.1) is 5.92 Å². The predicted octanol–water partition coefficient (Wildman–Crippen LogP) is 2.34. The Kier molecular flexibility index (Phi) is 6.11. The standard InChI is InChI=1S/C13H19Cl2N3OS/c14-11-10(8-20-12(11)15)7-18-5-1-2-9(6-18)13(19)17-4-3-16/h8-9H,1-7,16H2,(H,17,19). The first kappa shape index (κ1) is 16.0. The molecule has 1 saturated heterocycles. The largest absolute Gasteiger partial charge is 0.355 e. The van der Waals surface area contributed by atoms with Crippen molar-refractivity contribution in [2.45, 2.75) is 19.4 Å². The number of rotatable bonds is 5. The van der Waals surface area contributed by atoms with Crippen LogP contribution >= 0.6 is 34.5 Å². The lowest BCUT2D eigenvalue weighted by molar-refractivity contribution is -0.126. The van der Waals surface area contributed by atoms with Crippen LogP contribution in [0.1, 0.15) is 18.4 Å². The van der Waals surface area contributed by atoms with Gasteiger partial charge in [-0.1, -0.05) is 23.2 Å².